The topological polar surface area (TPSA) is 57.3 Å². The molecule has 5 aromatic rings. The number of rotatable bonds is 6. The van der Waals surface area contributed by atoms with E-state index < -0.39 is 0 Å². The second kappa shape index (κ2) is 10.8. The molecule has 0 atom stereocenters. The summed E-state index contributed by atoms with van der Waals surface area (Å²) >= 11 is 6.28. The van der Waals surface area contributed by atoms with E-state index in [0.717, 1.165) is 58.2 Å². The maximum atomic E-state index is 12.9. The molecule has 0 saturated heterocycles. The molecule has 0 aliphatic carbocycles. The van der Waals surface area contributed by atoms with Gasteiger partial charge in [-0.25, -0.2) is 4.98 Å². The number of nitrogens with zero attached hydrogens (tertiary/aromatic N) is 2. The fraction of sp³-hybridized carbons (Fsp3) is 0.152. The zero-order chi connectivity index (χ0) is 26.8. The highest BCUT2D eigenvalue weighted by Gasteiger charge is 2.20. The minimum Gasteiger partial charge on any atom is -0.367 e. The Morgan fingerprint density at radius 2 is 1.77 bits per heavy atom. The fourth-order valence-electron chi connectivity index (χ4n) is 5.14. The molecule has 0 fully saturated rings. The third-order valence-corrected chi connectivity index (χ3v) is 7.59. The molecule has 1 aromatic heterocycles. The molecule has 2 heterocycles. The van der Waals surface area contributed by atoms with Crippen LogP contribution < -0.4 is 15.5 Å². The maximum Gasteiger partial charge on any atom is 0.251 e. The van der Waals surface area contributed by atoms with Gasteiger partial charge in [0.05, 0.1) is 5.69 Å². The minimum absolute atomic E-state index is 0.0923. The molecule has 0 spiro atoms. The Morgan fingerprint density at radius 3 is 2.64 bits per heavy atom. The smallest absolute Gasteiger partial charge is 0.251 e. The molecule has 0 bridgehead atoms. The van der Waals surface area contributed by atoms with E-state index in [2.05, 4.69) is 58.9 Å². The highest BCUT2D eigenvalue weighted by atomic mass is 35.5. The van der Waals surface area contributed by atoms with Gasteiger partial charge >= 0.3 is 0 Å². The number of benzene rings is 4. The Kier molecular flexibility index (Phi) is 6.91. The zero-order valence-electron chi connectivity index (χ0n) is 21.7. The van der Waals surface area contributed by atoms with E-state index in [1.807, 2.05) is 60.8 Å². The van der Waals surface area contributed by atoms with Crippen LogP contribution in [-0.2, 0) is 13.1 Å². The lowest BCUT2D eigenvalue weighted by molar-refractivity contribution is 0.0951. The molecule has 1 aliphatic heterocycles. The van der Waals surface area contributed by atoms with E-state index >= 15 is 0 Å². The molecule has 0 unspecified atom stereocenters. The Hall–Kier alpha value is -4.35. The van der Waals surface area contributed by atoms with Gasteiger partial charge in [0.25, 0.3) is 5.91 Å². The summed E-state index contributed by atoms with van der Waals surface area (Å²) in [6.45, 7) is 5.07. The molecule has 6 rings (SSSR count). The van der Waals surface area contributed by atoms with Crippen molar-refractivity contribution in [1.82, 2.24) is 10.3 Å². The SMILES string of the molecule is Cc1ccc(Cl)cc1CN1CCNc2ncc(-c3ccc(C(=O)NCc4cccc5ccccc45)cc3)cc21. The fourth-order valence-corrected chi connectivity index (χ4v) is 5.33. The van der Waals surface area contributed by atoms with Gasteiger partial charge in [-0.3, -0.25) is 4.79 Å². The molecular formula is C33H29ClN4O. The Labute approximate surface area is 233 Å². The third kappa shape index (κ3) is 5.31. The van der Waals surface area contributed by atoms with Crippen LogP contribution in [0.4, 0.5) is 11.5 Å². The van der Waals surface area contributed by atoms with Gasteiger partial charge in [-0.2, -0.15) is 0 Å². The van der Waals surface area contributed by atoms with Crippen molar-refractivity contribution in [2.45, 2.75) is 20.0 Å². The summed E-state index contributed by atoms with van der Waals surface area (Å²) in [5.41, 5.74) is 7.25. The van der Waals surface area contributed by atoms with Crippen molar-refractivity contribution in [2.24, 2.45) is 0 Å². The first-order valence-corrected chi connectivity index (χ1v) is 13.5. The van der Waals surface area contributed by atoms with Crippen molar-refractivity contribution in [3.8, 4) is 11.1 Å². The maximum absolute atomic E-state index is 12.9. The molecule has 39 heavy (non-hydrogen) atoms. The Bertz CT molecular complexity index is 1660. The molecule has 1 amide bonds. The molecule has 2 N–H and O–H groups in total. The second-order valence-electron chi connectivity index (χ2n) is 9.91. The normalized spacial score (nSPS) is 12.6. The number of hydrogen-bond donors (Lipinski definition) is 2. The van der Waals surface area contributed by atoms with Crippen LogP contribution in [0.15, 0.2) is 97.2 Å². The number of halogens is 1. The lowest BCUT2D eigenvalue weighted by Gasteiger charge is -2.32. The van der Waals surface area contributed by atoms with E-state index in [4.69, 9.17) is 16.6 Å². The van der Waals surface area contributed by atoms with Gasteiger partial charge in [0.1, 0.15) is 5.82 Å². The number of carbonyl (C=O) groups excluding carboxylic acids is 1. The van der Waals surface area contributed by atoms with E-state index in [1.165, 1.54) is 16.5 Å². The standard InChI is InChI=1S/C33H29ClN4O/c1-22-9-14-29(34)17-28(22)21-38-16-15-35-32-31(38)18-27(20-36-32)23-10-12-25(13-11-23)33(39)37-19-26-7-4-6-24-5-2-3-8-30(24)26/h2-14,17-18,20H,15-16,19,21H2,1H3,(H,35,36)(H,37,39). The monoisotopic (exact) mass is 532 g/mol. The average Bonchev–Trinajstić information content (AvgIpc) is 2.98. The second-order valence-corrected chi connectivity index (χ2v) is 10.3. The first-order chi connectivity index (χ1) is 19.0. The Morgan fingerprint density at radius 1 is 0.949 bits per heavy atom. The quantitative estimate of drug-likeness (QED) is 0.242. The summed E-state index contributed by atoms with van der Waals surface area (Å²) in [6.07, 6.45) is 1.88. The molecule has 0 saturated carbocycles. The summed E-state index contributed by atoms with van der Waals surface area (Å²) in [7, 11) is 0. The van der Waals surface area contributed by atoms with E-state index in [-0.39, 0.29) is 5.91 Å². The molecule has 4 aromatic carbocycles. The van der Waals surface area contributed by atoms with E-state index in [0.29, 0.717) is 12.1 Å². The predicted octanol–water partition coefficient (Wildman–Crippen LogP) is 7.23. The summed E-state index contributed by atoms with van der Waals surface area (Å²) in [6, 6.07) is 30.3. The third-order valence-electron chi connectivity index (χ3n) is 7.35. The van der Waals surface area contributed by atoms with Gasteiger partial charge in [0.15, 0.2) is 0 Å². The van der Waals surface area contributed by atoms with Crippen LogP contribution in [0.1, 0.15) is 27.0 Å². The lowest BCUT2D eigenvalue weighted by Crippen LogP contribution is -2.34. The molecule has 1 aliphatic rings. The highest BCUT2D eigenvalue weighted by molar-refractivity contribution is 6.30. The number of aryl methyl sites for hydroxylation is 1. The molecule has 194 valence electrons. The van der Waals surface area contributed by atoms with Gasteiger partial charge in [-0.1, -0.05) is 72.3 Å². The number of pyridine rings is 1. The number of fused-ring (bicyclic) bond motifs is 2. The van der Waals surface area contributed by atoms with Crippen molar-refractivity contribution in [3.05, 3.63) is 124 Å². The van der Waals surface area contributed by atoms with Crippen molar-refractivity contribution in [2.75, 3.05) is 23.3 Å². The summed E-state index contributed by atoms with van der Waals surface area (Å²) in [5, 5.41) is 9.56. The number of carbonyl (C=O) groups is 1. The van der Waals surface area contributed by atoms with Crippen molar-refractivity contribution >= 4 is 39.8 Å². The zero-order valence-corrected chi connectivity index (χ0v) is 22.5. The van der Waals surface area contributed by atoms with Crippen LogP contribution in [-0.4, -0.2) is 24.0 Å². The summed E-state index contributed by atoms with van der Waals surface area (Å²) in [4.78, 5) is 20.0. The van der Waals surface area contributed by atoms with Crippen LogP contribution in [0, 0.1) is 6.92 Å². The number of nitrogens with one attached hydrogen (secondary N) is 2. The van der Waals surface area contributed by atoms with Crippen molar-refractivity contribution in [1.29, 1.82) is 0 Å². The number of amides is 1. The van der Waals surface area contributed by atoms with Crippen LogP contribution in [0.3, 0.4) is 0 Å². The molecule has 5 nitrogen and oxygen atoms in total. The van der Waals surface area contributed by atoms with Gasteiger partial charge < -0.3 is 15.5 Å². The summed E-state index contributed by atoms with van der Waals surface area (Å²) in [5.74, 6) is 0.791. The average molecular weight is 533 g/mol. The first-order valence-electron chi connectivity index (χ1n) is 13.1. The minimum atomic E-state index is -0.0923. The van der Waals surface area contributed by atoms with Crippen LogP contribution in [0.5, 0.6) is 0 Å². The van der Waals surface area contributed by atoms with Gasteiger partial charge in [0.2, 0.25) is 0 Å². The molecular weight excluding hydrogens is 504 g/mol. The van der Waals surface area contributed by atoms with E-state index in [1.54, 1.807) is 0 Å². The van der Waals surface area contributed by atoms with Crippen LogP contribution in [0.25, 0.3) is 21.9 Å². The highest BCUT2D eigenvalue weighted by Crippen LogP contribution is 2.33. The van der Waals surface area contributed by atoms with Crippen LogP contribution in [0.2, 0.25) is 5.02 Å². The number of hydrogen-bond acceptors (Lipinski definition) is 4. The van der Waals surface area contributed by atoms with Gasteiger partial charge in [0, 0.05) is 48.5 Å². The predicted molar refractivity (Wildman–Crippen MR) is 161 cm³/mol. The lowest BCUT2D eigenvalue weighted by atomic mass is 10.0. The summed E-state index contributed by atoms with van der Waals surface area (Å²) < 4.78 is 0. The van der Waals surface area contributed by atoms with Gasteiger partial charge in [-0.15, -0.1) is 0 Å². The Balaban J connectivity index is 1.18. The van der Waals surface area contributed by atoms with E-state index in [9.17, 15) is 4.79 Å². The van der Waals surface area contributed by atoms with Crippen molar-refractivity contribution < 1.29 is 4.79 Å². The molecule has 6 heteroatoms. The van der Waals surface area contributed by atoms with Crippen molar-refractivity contribution in [3.63, 3.8) is 0 Å². The first kappa shape index (κ1) is 25.0. The number of anilines is 2. The van der Waals surface area contributed by atoms with Gasteiger partial charge in [-0.05, 0) is 70.3 Å². The van der Waals surface area contributed by atoms with Crippen LogP contribution >= 0.6 is 11.6 Å². The number of aromatic nitrogens is 1. The molecule has 0 radical (unpaired) electrons. The largest absolute Gasteiger partial charge is 0.367 e.